The van der Waals surface area contributed by atoms with Crippen molar-refractivity contribution in [2.75, 3.05) is 18.8 Å². The molecule has 7 nitrogen and oxygen atoms in total. The molecule has 2 aromatic heterocycles. The van der Waals surface area contributed by atoms with E-state index in [1.54, 1.807) is 0 Å². The maximum Gasteiger partial charge on any atom is 0.245 e. The van der Waals surface area contributed by atoms with Gasteiger partial charge < -0.3 is 19.9 Å². The van der Waals surface area contributed by atoms with E-state index in [-0.39, 0.29) is 11.8 Å². The summed E-state index contributed by atoms with van der Waals surface area (Å²) in [4.78, 5) is 22.4. The maximum absolute atomic E-state index is 11.9. The molecular weight excluding hydrogens is 450 g/mol. The second-order valence-corrected chi connectivity index (χ2v) is 8.75. The van der Waals surface area contributed by atoms with Crippen molar-refractivity contribution in [3.8, 4) is 34.5 Å². The number of likely N-dealkylation sites (tertiary alicyclic amines) is 1. The normalized spacial score (nSPS) is 13.8. The quantitative estimate of drug-likeness (QED) is 0.338. The summed E-state index contributed by atoms with van der Waals surface area (Å²) in [6.07, 6.45) is 4.51. The summed E-state index contributed by atoms with van der Waals surface area (Å²) in [5.41, 5.74) is 9.75. The number of hydrogen-bond acceptors (Lipinski definition) is 5. The molecule has 1 saturated heterocycles. The summed E-state index contributed by atoms with van der Waals surface area (Å²) in [6.45, 7) is 4.96. The molecule has 2 N–H and O–H groups in total. The van der Waals surface area contributed by atoms with Gasteiger partial charge in [0.05, 0.1) is 5.39 Å². The topological polar surface area (TPSA) is 86.3 Å². The SMILES string of the molecule is C=CC(=O)N1CCC(C#Cc2c(-c3ccc(Oc4ccccc4)cc3)c3c(N)ncnc3n2C)CC1. The molecule has 0 bridgehead atoms. The number of anilines is 1. The highest BCUT2D eigenvalue weighted by Crippen LogP contribution is 2.37. The third-order valence-corrected chi connectivity index (χ3v) is 6.49. The Balaban J connectivity index is 1.49. The molecule has 1 aliphatic rings. The van der Waals surface area contributed by atoms with E-state index in [2.05, 4.69) is 28.4 Å². The minimum absolute atomic E-state index is 0.0221. The zero-order valence-electron chi connectivity index (χ0n) is 20.1. The Morgan fingerprint density at radius 2 is 1.78 bits per heavy atom. The second-order valence-electron chi connectivity index (χ2n) is 8.75. The molecule has 2 aromatic carbocycles. The Bertz CT molecular complexity index is 1470. The highest BCUT2D eigenvalue weighted by atomic mass is 16.5. The van der Waals surface area contributed by atoms with Crippen LogP contribution in [0.15, 0.2) is 73.6 Å². The largest absolute Gasteiger partial charge is 0.457 e. The molecule has 180 valence electrons. The van der Waals surface area contributed by atoms with Crippen LogP contribution in [-0.2, 0) is 11.8 Å². The third kappa shape index (κ3) is 4.53. The first kappa shape index (κ1) is 23.2. The highest BCUT2D eigenvalue weighted by molar-refractivity contribution is 6.03. The van der Waals surface area contributed by atoms with Crippen LogP contribution < -0.4 is 10.5 Å². The van der Waals surface area contributed by atoms with Crippen molar-refractivity contribution >= 4 is 22.8 Å². The lowest BCUT2D eigenvalue weighted by Crippen LogP contribution is -2.37. The van der Waals surface area contributed by atoms with Crippen LogP contribution in [0.2, 0.25) is 0 Å². The van der Waals surface area contributed by atoms with E-state index in [0.717, 1.165) is 52.2 Å². The van der Waals surface area contributed by atoms with Gasteiger partial charge in [0.15, 0.2) is 0 Å². The molecule has 1 aliphatic heterocycles. The molecule has 0 spiro atoms. The van der Waals surface area contributed by atoms with Crippen molar-refractivity contribution in [1.82, 2.24) is 19.4 Å². The van der Waals surface area contributed by atoms with Gasteiger partial charge in [-0.2, -0.15) is 0 Å². The summed E-state index contributed by atoms with van der Waals surface area (Å²) in [5, 5.41) is 0.785. The molecule has 3 heterocycles. The van der Waals surface area contributed by atoms with Gasteiger partial charge in [0.1, 0.15) is 35.0 Å². The molecule has 0 atom stereocenters. The van der Waals surface area contributed by atoms with E-state index in [1.807, 2.05) is 71.1 Å². The fourth-order valence-electron chi connectivity index (χ4n) is 4.56. The van der Waals surface area contributed by atoms with Gasteiger partial charge in [-0.05, 0) is 54.7 Å². The highest BCUT2D eigenvalue weighted by Gasteiger charge is 2.22. The second kappa shape index (κ2) is 9.96. The van der Waals surface area contributed by atoms with Crippen molar-refractivity contribution in [2.24, 2.45) is 13.0 Å². The molecule has 36 heavy (non-hydrogen) atoms. The number of rotatable bonds is 4. The lowest BCUT2D eigenvalue weighted by Gasteiger charge is -2.28. The number of piperidine rings is 1. The number of para-hydroxylation sites is 1. The van der Waals surface area contributed by atoms with E-state index in [9.17, 15) is 4.79 Å². The number of ether oxygens (including phenoxy) is 1. The van der Waals surface area contributed by atoms with Crippen LogP contribution in [0.3, 0.4) is 0 Å². The number of carbonyl (C=O) groups is 1. The standard InChI is InChI=1S/C29H27N5O2/c1-3-25(35)34-17-15-20(16-18-34)9-14-24-26(27-28(30)31-19-32-29(27)33(24)2)21-10-12-23(13-11-21)36-22-7-5-4-6-8-22/h3-8,10-13,19-20H,1,15-18H2,2H3,(H2,30,31,32). The van der Waals surface area contributed by atoms with Gasteiger partial charge in [-0.3, -0.25) is 4.79 Å². The first-order valence-corrected chi connectivity index (χ1v) is 11.9. The number of nitrogens with two attached hydrogens (primary N) is 1. The molecule has 0 unspecified atom stereocenters. The number of hydrogen-bond donors (Lipinski definition) is 1. The number of aromatic nitrogens is 3. The van der Waals surface area contributed by atoms with Crippen LogP contribution in [0.5, 0.6) is 11.5 Å². The molecule has 1 fully saturated rings. The van der Waals surface area contributed by atoms with E-state index in [4.69, 9.17) is 10.5 Å². The lowest BCUT2D eigenvalue weighted by atomic mass is 9.96. The Morgan fingerprint density at radius 1 is 1.08 bits per heavy atom. The van der Waals surface area contributed by atoms with Crippen LogP contribution >= 0.6 is 0 Å². The van der Waals surface area contributed by atoms with Gasteiger partial charge in [-0.15, -0.1) is 0 Å². The Morgan fingerprint density at radius 3 is 2.47 bits per heavy atom. The Kier molecular flexibility index (Phi) is 6.42. The van der Waals surface area contributed by atoms with E-state index in [1.165, 1.54) is 12.4 Å². The molecule has 0 saturated carbocycles. The predicted octanol–water partition coefficient (Wildman–Crippen LogP) is 4.79. The van der Waals surface area contributed by atoms with E-state index < -0.39 is 0 Å². The first-order chi connectivity index (χ1) is 17.5. The minimum Gasteiger partial charge on any atom is -0.457 e. The molecule has 4 aromatic rings. The molecule has 0 aliphatic carbocycles. The Hall–Kier alpha value is -4.57. The van der Waals surface area contributed by atoms with Crippen molar-refractivity contribution < 1.29 is 9.53 Å². The summed E-state index contributed by atoms with van der Waals surface area (Å²) in [6, 6.07) is 17.5. The predicted molar refractivity (Wildman–Crippen MR) is 141 cm³/mol. The average Bonchev–Trinajstić information content (AvgIpc) is 3.21. The van der Waals surface area contributed by atoms with Gasteiger partial charge in [0, 0.05) is 31.6 Å². The summed E-state index contributed by atoms with van der Waals surface area (Å²) < 4.78 is 7.93. The van der Waals surface area contributed by atoms with Crippen LogP contribution in [0, 0.1) is 17.8 Å². The lowest BCUT2D eigenvalue weighted by molar-refractivity contribution is -0.127. The van der Waals surface area contributed by atoms with Crippen LogP contribution in [0.4, 0.5) is 5.82 Å². The Labute approximate surface area is 210 Å². The molecular formula is C29H27N5O2. The monoisotopic (exact) mass is 477 g/mol. The average molecular weight is 478 g/mol. The summed E-state index contributed by atoms with van der Waals surface area (Å²) in [5.74, 6) is 8.97. The van der Waals surface area contributed by atoms with Crippen molar-refractivity contribution in [3.63, 3.8) is 0 Å². The van der Waals surface area contributed by atoms with Crippen LogP contribution in [-0.4, -0.2) is 38.4 Å². The number of carbonyl (C=O) groups excluding carboxylic acids is 1. The van der Waals surface area contributed by atoms with Crippen LogP contribution in [0.1, 0.15) is 18.5 Å². The van der Waals surface area contributed by atoms with E-state index in [0.29, 0.717) is 18.9 Å². The first-order valence-electron chi connectivity index (χ1n) is 11.9. The van der Waals surface area contributed by atoms with Crippen LogP contribution in [0.25, 0.3) is 22.2 Å². The van der Waals surface area contributed by atoms with Gasteiger partial charge in [0.2, 0.25) is 5.91 Å². The van der Waals surface area contributed by atoms with Gasteiger partial charge in [0.25, 0.3) is 0 Å². The van der Waals surface area contributed by atoms with Gasteiger partial charge >= 0.3 is 0 Å². The smallest absolute Gasteiger partial charge is 0.245 e. The number of amides is 1. The molecule has 1 amide bonds. The number of aryl methyl sites for hydroxylation is 1. The van der Waals surface area contributed by atoms with Crippen molar-refractivity contribution in [1.29, 1.82) is 0 Å². The van der Waals surface area contributed by atoms with Crippen molar-refractivity contribution in [2.45, 2.75) is 12.8 Å². The number of fused-ring (bicyclic) bond motifs is 1. The molecule has 5 rings (SSSR count). The molecule has 0 radical (unpaired) electrons. The number of benzene rings is 2. The molecule has 7 heteroatoms. The zero-order valence-corrected chi connectivity index (χ0v) is 20.1. The van der Waals surface area contributed by atoms with Crippen molar-refractivity contribution in [3.05, 3.63) is 79.3 Å². The summed E-state index contributed by atoms with van der Waals surface area (Å²) in [7, 11) is 1.94. The van der Waals surface area contributed by atoms with E-state index >= 15 is 0 Å². The fourth-order valence-corrected chi connectivity index (χ4v) is 4.56. The fraction of sp³-hybridized carbons (Fsp3) is 0.207. The maximum atomic E-state index is 11.9. The number of nitrogens with zero attached hydrogens (tertiary/aromatic N) is 4. The minimum atomic E-state index is -0.0221. The number of nitrogen functional groups attached to an aromatic ring is 1. The van der Waals surface area contributed by atoms with Gasteiger partial charge in [-0.1, -0.05) is 42.8 Å². The third-order valence-electron chi connectivity index (χ3n) is 6.49. The zero-order chi connectivity index (χ0) is 25.1. The van der Waals surface area contributed by atoms with Gasteiger partial charge in [-0.25, -0.2) is 9.97 Å². The summed E-state index contributed by atoms with van der Waals surface area (Å²) >= 11 is 0.